The van der Waals surface area contributed by atoms with Gasteiger partial charge in [0.2, 0.25) is 0 Å². The smallest absolute Gasteiger partial charge is 0.192 e. The van der Waals surface area contributed by atoms with E-state index < -0.39 is 0 Å². The summed E-state index contributed by atoms with van der Waals surface area (Å²) in [5.74, 6) is 1.82. The zero-order valence-electron chi connectivity index (χ0n) is 11.8. The number of aldehydes is 1. The van der Waals surface area contributed by atoms with Crippen LogP contribution in [0.25, 0.3) is 0 Å². The van der Waals surface area contributed by atoms with Gasteiger partial charge in [-0.15, -0.1) is 0 Å². The maximum Gasteiger partial charge on any atom is 0.192 e. The monoisotopic (exact) mass is 260 g/mol. The van der Waals surface area contributed by atoms with Crippen LogP contribution in [0.5, 0.6) is 0 Å². The third-order valence-corrected chi connectivity index (χ3v) is 4.33. The molecule has 0 bridgehead atoms. The predicted molar refractivity (Wildman–Crippen MR) is 76.3 cm³/mol. The molecule has 2 rings (SSSR count). The van der Waals surface area contributed by atoms with Gasteiger partial charge in [-0.1, -0.05) is 32.6 Å². The van der Waals surface area contributed by atoms with Crippen LogP contribution in [0.15, 0.2) is 12.4 Å². The van der Waals surface area contributed by atoms with Crippen molar-refractivity contribution in [2.45, 2.75) is 64.2 Å². The summed E-state index contributed by atoms with van der Waals surface area (Å²) in [6, 6.07) is 0. The summed E-state index contributed by atoms with van der Waals surface area (Å²) in [5.41, 5.74) is 1.21. The van der Waals surface area contributed by atoms with E-state index in [0.29, 0.717) is 12.2 Å². The van der Waals surface area contributed by atoms with Gasteiger partial charge in [-0.05, 0) is 43.1 Å². The molecule has 3 heteroatoms. The molecule has 0 amide bonds. The Hall–Kier alpha value is -1.25. The Morgan fingerprint density at radius 1 is 1.16 bits per heavy atom. The van der Waals surface area contributed by atoms with E-state index in [9.17, 15) is 4.79 Å². The average Bonchev–Trinajstić information content (AvgIpc) is 2.48. The molecule has 0 radical (unpaired) electrons. The van der Waals surface area contributed by atoms with Gasteiger partial charge in [0.05, 0.1) is 0 Å². The van der Waals surface area contributed by atoms with Crippen LogP contribution < -0.4 is 0 Å². The molecule has 0 N–H and O–H groups in total. The minimum atomic E-state index is 0.289. The topological polar surface area (TPSA) is 42.9 Å². The zero-order chi connectivity index (χ0) is 13.5. The highest BCUT2D eigenvalue weighted by molar-refractivity contribution is 5.68. The first-order chi connectivity index (χ1) is 9.33. The summed E-state index contributed by atoms with van der Waals surface area (Å²) in [5, 5.41) is 0. The molecule has 3 nitrogen and oxygen atoms in total. The van der Waals surface area contributed by atoms with Gasteiger partial charge in [0.15, 0.2) is 12.1 Å². The van der Waals surface area contributed by atoms with Crippen molar-refractivity contribution < 1.29 is 4.79 Å². The van der Waals surface area contributed by atoms with Crippen molar-refractivity contribution in [1.29, 1.82) is 0 Å². The normalized spacial score (nSPS) is 23.2. The lowest BCUT2D eigenvalue weighted by Crippen LogP contribution is -2.14. The highest BCUT2D eigenvalue weighted by atomic mass is 16.1. The molecule has 0 spiro atoms. The number of carbonyl (C=O) groups is 1. The molecular weight excluding hydrogens is 236 g/mol. The Labute approximate surface area is 115 Å². The molecule has 0 saturated heterocycles. The van der Waals surface area contributed by atoms with E-state index >= 15 is 0 Å². The van der Waals surface area contributed by atoms with Crippen molar-refractivity contribution in [2.24, 2.45) is 5.92 Å². The molecule has 19 heavy (non-hydrogen) atoms. The van der Waals surface area contributed by atoms with E-state index in [0.717, 1.165) is 5.92 Å². The van der Waals surface area contributed by atoms with Crippen molar-refractivity contribution >= 4 is 6.29 Å². The molecule has 0 unspecified atom stereocenters. The second-order valence-electron chi connectivity index (χ2n) is 5.71. The summed E-state index contributed by atoms with van der Waals surface area (Å²) in [4.78, 5) is 18.7. The molecule has 0 atom stereocenters. The summed E-state index contributed by atoms with van der Waals surface area (Å²) < 4.78 is 0. The molecule has 1 aromatic rings. The number of hydrogen-bond acceptors (Lipinski definition) is 3. The molecule has 1 saturated carbocycles. The number of hydrogen-bond donors (Lipinski definition) is 0. The fourth-order valence-electron chi connectivity index (χ4n) is 3.09. The van der Waals surface area contributed by atoms with Crippen LogP contribution in [0.4, 0.5) is 0 Å². The Balaban J connectivity index is 1.80. The SMILES string of the molecule is CCCCCC1CCC(c2cnc(C=O)nc2)CC1. The fourth-order valence-corrected chi connectivity index (χ4v) is 3.09. The van der Waals surface area contributed by atoms with Gasteiger partial charge in [-0.2, -0.15) is 0 Å². The minimum absolute atomic E-state index is 0.289. The zero-order valence-corrected chi connectivity index (χ0v) is 11.8. The summed E-state index contributed by atoms with van der Waals surface area (Å²) in [6.07, 6.45) is 15.0. The summed E-state index contributed by atoms with van der Waals surface area (Å²) in [7, 11) is 0. The Morgan fingerprint density at radius 3 is 2.42 bits per heavy atom. The van der Waals surface area contributed by atoms with Crippen molar-refractivity contribution in [3.05, 3.63) is 23.8 Å². The highest BCUT2D eigenvalue weighted by Crippen LogP contribution is 2.37. The maximum absolute atomic E-state index is 10.5. The quantitative estimate of drug-likeness (QED) is 0.570. The van der Waals surface area contributed by atoms with E-state index in [1.807, 2.05) is 12.4 Å². The molecule has 104 valence electrons. The number of nitrogens with zero attached hydrogens (tertiary/aromatic N) is 2. The van der Waals surface area contributed by atoms with Crippen LogP contribution in [-0.2, 0) is 0 Å². The van der Waals surface area contributed by atoms with Gasteiger partial charge in [0.25, 0.3) is 0 Å². The molecule has 0 aromatic carbocycles. The Bertz CT molecular complexity index is 380. The van der Waals surface area contributed by atoms with Gasteiger partial charge in [-0.25, -0.2) is 9.97 Å². The summed E-state index contributed by atoms with van der Waals surface area (Å²) >= 11 is 0. The lowest BCUT2D eigenvalue weighted by molar-refractivity contribution is 0.111. The van der Waals surface area contributed by atoms with Gasteiger partial charge < -0.3 is 0 Å². The second kappa shape index (κ2) is 7.37. The molecule has 0 aliphatic heterocycles. The first kappa shape index (κ1) is 14.2. The van der Waals surface area contributed by atoms with Gasteiger partial charge in [0.1, 0.15) is 0 Å². The molecule has 1 aliphatic carbocycles. The maximum atomic E-state index is 10.5. The number of carbonyl (C=O) groups excluding carboxylic acids is 1. The number of unbranched alkanes of at least 4 members (excludes halogenated alkanes) is 2. The molecule has 1 fully saturated rings. The van der Waals surface area contributed by atoms with Crippen LogP contribution in [0.3, 0.4) is 0 Å². The van der Waals surface area contributed by atoms with Crippen LogP contribution in [0, 0.1) is 5.92 Å². The first-order valence-electron chi connectivity index (χ1n) is 7.60. The van der Waals surface area contributed by atoms with Crippen LogP contribution >= 0.6 is 0 Å². The third kappa shape index (κ3) is 4.12. The Morgan fingerprint density at radius 2 is 1.84 bits per heavy atom. The molecule has 1 aliphatic rings. The average molecular weight is 260 g/mol. The lowest BCUT2D eigenvalue weighted by atomic mass is 9.77. The second-order valence-corrected chi connectivity index (χ2v) is 5.71. The van der Waals surface area contributed by atoms with Crippen molar-refractivity contribution in [3.8, 4) is 0 Å². The first-order valence-corrected chi connectivity index (χ1v) is 7.60. The fraction of sp³-hybridized carbons (Fsp3) is 0.688. The lowest BCUT2D eigenvalue weighted by Gasteiger charge is -2.28. The summed E-state index contributed by atoms with van der Waals surface area (Å²) in [6.45, 7) is 2.26. The molecule has 1 heterocycles. The standard InChI is InChI=1S/C16H24N2O/c1-2-3-4-5-13-6-8-14(9-7-13)15-10-17-16(12-19)18-11-15/h10-14H,2-9H2,1H3. The highest BCUT2D eigenvalue weighted by Gasteiger charge is 2.22. The number of rotatable bonds is 6. The van der Waals surface area contributed by atoms with E-state index in [2.05, 4.69) is 16.9 Å². The van der Waals surface area contributed by atoms with Crippen molar-refractivity contribution in [3.63, 3.8) is 0 Å². The van der Waals surface area contributed by atoms with Crippen molar-refractivity contribution in [1.82, 2.24) is 9.97 Å². The van der Waals surface area contributed by atoms with Crippen LogP contribution in [0.2, 0.25) is 0 Å². The van der Waals surface area contributed by atoms with Gasteiger partial charge in [0, 0.05) is 12.4 Å². The minimum Gasteiger partial charge on any atom is -0.294 e. The van der Waals surface area contributed by atoms with E-state index in [-0.39, 0.29) is 5.82 Å². The van der Waals surface area contributed by atoms with E-state index in [1.165, 1.54) is 56.9 Å². The van der Waals surface area contributed by atoms with Crippen LogP contribution in [0.1, 0.15) is 80.4 Å². The van der Waals surface area contributed by atoms with Gasteiger partial charge >= 0.3 is 0 Å². The molecular formula is C16H24N2O. The van der Waals surface area contributed by atoms with Crippen LogP contribution in [-0.4, -0.2) is 16.3 Å². The van der Waals surface area contributed by atoms with Gasteiger partial charge in [-0.3, -0.25) is 4.79 Å². The van der Waals surface area contributed by atoms with E-state index in [4.69, 9.17) is 0 Å². The van der Waals surface area contributed by atoms with E-state index in [1.54, 1.807) is 0 Å². The van der Waals surface area contributed by atoms with Crippen molar-refractivity contribution in [2.75, 3.05) is 0 Å². The molecule has 1 aromatic heterocycles. The Kier molecular flexibility index (Phi) is 5.49. The predicted octanol–water partition coefficient (Wildman–Crippen LogP) is 4.14. The third-order valence-electron chi connectivity index (χ3n) is 4.33. The largest absolute Gasteiger partial charge is 0.294 e. The number of aromatic nitrogens is 2.